The Labute approximate surface area is 132 Å². The monoisotopic (exact) mass is 312 g/mol. The van der Waals surface area contributed by atoms with Gasteiger partial charge in [0.05, 0.1) is 5.02 Å². The fourth-order valence-electron chi connectivity index (χ4n) is 3.02. The van der Waals surface area contributed by atoms with Crippen LogP contribution in [0, 0.1) is 17.7 Å². The average Bonchev–Trinajstić information content (AvgIpc) is 2.48. The number of anilines is 1. The van der Waals surface area contributed by atoms with Gasteiger partial charge in [-0.25, -0.2) is 4.39 Å². The predicted octanol–water partition coefficient (Wildman–Crippen LogP) is 4.33. The molecule has 0 aliphatic carbocycles. The first-order chi connectivity index (χ1) is 9.93. The van der Waals surface area contributed by atoms with E-state index in [4.69, 9.17) is 11.6 Å². The molecule has 3 atom stereocenters. The second-order valence-corrected chi connectivity index (χ2v) is 6.87. The molecule has 0 saturated carbocycles. The van der Waals surface area contributed by atoms with Crippen molar-refractivity contribution in [1.29, 1.82) is 0 Å². The van der Waals surface area contributed by atoms with Crippen molar-refractivity contribution in [1.82, 2.24) is 5.32 Å². The standard InChI is InChI=1S/C17H26ClFN2/c1-5-12(4)16-10-21(17(9-20-16)11(2)3)13-6-7-14(18)15(19)8-13/h6-8,11-12,16-17,20H,5,9-10H2,1-4H3. The van der Waals surface area contributed by atoms with Crippen molar-refractivity contribution < 1.29 is 4.39 Å². The highest BCUT2D eigenvalue weighted by molar-refractivity contribution is 6.30. The van der Waals surface area contributed by atoms with Gasteiger partial charge < -0.3 is 10.2 Å². The molecule has 1 aromatic rings. The van der Waals surface area contributed by atoms with Gasteiger partial charge in [-0.1, -0.05) is 45.7 Å². The van der Waals surface area contributed by atoms with Gasteiger partial charge in [-0.2, -0.15) is 0 Å². The fraction of sp³-hybridized carbons (Fsp3) is 0.647. The minimum Gasteiger partial charge on any atom is -0.365 e. The molecule has 0 amide bonds. The van der Waals surface area contributed by atoms with Gasteiger partial charge in [0.2, 0.25) is 0 Å². The molecule has 4 heteroatoms. The normalized spacial score (nSPS) is 24.4. The second kappa shape index (κ2) is 6.97. The molecule has 3 unspecified atom stereocenters. The van der Waals surface area contributed by atoms with Crippen LogP contribution >= 0.6 is 11.6 Å². The maximum absolute atomic E-state index is 13.8. The minimum atomic E-state index is -0.338. The van der Waals surface area contributed by atoms with E-state index in [1.54, 1.807) is 12.1 Å². The lowest BCUT2D eigenvalue weighted by molar-refractivity contribution is 0.281. The second-order valence-electron chi connectivity index (χ2n) is 6.46. The lowest BCUT2D eigenvalue weighted by Crippen LogP contribution is -2.60. The number of hydrogen-bond donors (Lipinski definition) is 1. The quantitative estimate of drug-likeness (QED) is 0.890. The first-order valence-corrected chi connectivity index (χ1v) is 8.26. The van der Waals surface area contributed by atoms with Crippen LogP contribution in [0.2, 0.25) is 5.02 Å². The van der Waals surface area contributed by atoms with Crippen molar-refractivity contribution in [2.75, 3.05) is 18.0 Å². The molecule has 0 spiro atoms. The van der Waals surface area contributed by atoms with Crippen LogP contribution in [-0.2, 0) is 0 Å². The highest BCUT2D eigenvalue weighted by Gasteiger charge is 2.32. The van der Waals surface area contributed by atoms with Crippen molar-refractivity contribution >= 4 is 17.3 Å². The molecule has 0 bridgehead atoms. The van der Waals surface area contributed by atoms with E-state index >= 15 is 0 Å². The van der Waals surface area contributed by atoms with Crippen LogP contribution in [0.25, 0.3) is 0 Å². The van der Waals surface area contributed by atoms with E-state index in [0.717, 1.165) is 25.2 Å². The van der Waals surface area contributed by atoms with Crippen molar-refractivity contribution in [3.63, 3.8) is 0 Å². The third-order valence-corrected chi connectivity index (χ3v) is 5.02. The van der Waals surface area contributed by atoms with E-state index in [2.05, 4.69) is 37.9 Å². The molecule has 2 nitrogen and oxygen atoms in total. The smallest absolute Gasteiger partial charge is 0.143 e. The summed E-state index contributed by atoms with van der Waals surface area (Å²) in [5, 5.41) is 3.85. The van der Waals surface area contributed by atoms with Crippen LogP contribution in [0.15, 0.2) is 18.2 Å². The highest BCUT2D eigenvalue weighted by atomic mass is 35.5. The Morgan fingerprint density at radius 2 is 2.10 bits per heavy atom. The van der Waals surface area contributed by atoms with Gasteiger partial charge in [-0.3, -0.25) is 0 Å². The predicted molar refractivity (Wildman–Crippen MR) is 88.6 cm³/mol. The summed E-state index contributed by atoms with van der Waals surface area (Å²) in [6.07, 6.45) is 1.15. The van der Waals surface area contributed by atoms with Crippen molar-refractivity contribution in [3.05, 3.63) is 29.0 Å². The summed E-state index contributed by atoms with van der Waals surface area (Å²) >= 11 is 5.81. The van der Waals surface area contributed by atoms with E-state index in [-0.39, 0.29) is 10.8 Å². The van der Waals surface area contributed by atoms with Gasteiger partial charge >= 0.3 is 0 Å². The molecule has 0 radical (unpaired) electrons. The summed E-state index contributed by atoms with van der Waals surface area (Å²) < 4.78 is 13.8. The fourth-order valence-corrected chi connectivity index (χ4v) is 3.13. The van der Waals surface area contributed by atoms with Gasteiger partial charge in [0.1, 0.15) is 5.82 Å². The number of hydrogen-bond acceptors (Lipinski definition) is 2. The molecule has 1 aliphatic rings. The zero-order valence-electron chi connectivity index (χ0n) is 13.4. The molecule has 21 heavy (non-hydrogen) atoms. The number of piperazine rings is 1. The molecule has 1 aliphatic heterocycles. The summed E-state index contributed by atoms with van der Waals surface area (Å²) in [6, 6.07) is 5.98. The summed E-state index contributed by atoms with van der Waals surface area (Å²) in [6.45, 7) is 10.8. The number of rotatable bonds is 4. The number of nitrogens with zero attached hydrogens (tertiary/aromatic N) is 1. The topological polar surface area (TPSA) is 15.3 Å². The summed E-state index contributed by atoms with van der Waals surface area (Å²) in [7, 11) is 0. The maximum Gasteiger partial charge on any atom is 0.143 e. The van der Waals surface area contributed by atoms with Crippen molar-refractivity contribution in [2.45, 2.75) is 46.2 Å². The molecule has 2 rings (SSSR count). The van der Waals surface area contributed by atoms with Crippen LogP contribution in [0.1, 0.15) is 34.1 Å². The van der Waals surface area contributed by atoms with Crippen LogP contribution in [0.4, 0.5) is 10.1 Å². The van der Waals surface area contributed by atoms with Gasteiger partial charge in [0, 0.05) is 30.9 Å². The van der Waals surface area contributed by atoms with Crippen LogP contribution in [0.3, 0.4) is 0 Å². The Hall–Kier alpha value is -0.800. The molecular formula is C17H26ClFN2. The minimum absolute atomic E-state index is 0.188. The van der Waals surface area contributed by atoms with Crippen LogP contribution in [0.5, 0.6) is 0 Å². The van der Waals surface area contributed by atoms with E-state index in [9.17, 15) is 4.39 Å². The molecule has 1 saturated heterocycles. The number of halogens is 2. The Kier molecular flexibility index (Phi) is 5.50. The Bertz CT molecular complexity index is 478. The Balaban J connectivity index is 2.26. The highest BCUT2D eigenvalue weighted by Crippen LogP contribution is 2.28. The first kappa shape index (κ1) is 16.6. The molecule has 0 aromatic heterocycles. The van der Waals surface area contributed by atoms with Crippen LogP contribution in [-0.4, -0.2) is 25.2 Å². The lowest BCUT2D eigenvalue weighted by Gasteiger charge is -2.45. The summed E-state index contributed by atoms with van der Waals surface area (Å²) in [5.74, 6) is 0.780. The third kappa shape index (κ3) is 3.70. The number of nitrogens with one attached hydrogen (secondary N) is 1. The SMILES string of the molecule is CCC(C)C1CN(c2ccc(Cl)c(F)c2)C(C(C)C)CN1. The largest absolute Gasteiger partial charge is 0.365 e. The zero-order valence-corrected chi connectivity index (χ0v) is 14.1. The van der Waals surface area contributed by atoms with Gasteiger partial charge in [-0.15, -0.1) is 0 Å². The van der Waals surface area contributed by atoms with Gasteiger partial charge in [0.25, 0.3) is 0 Å². The average molecular weight is 313 g/mol. The van der Waals surface area contributed by atoms with Crippen LogP contribution < -0.4 is 10.2 Å². The van der Waals surface area contributed by atoms with Crippen molar-refractivity contribution in [2.24, 2.45) is 11.8 Å². The molecular weight excluding hydrogens is 287 g/mol. The molecule has 1 heterocycles. The Morgan fingerprint density at radius 3 is 2.67 bits per heavy atom. The lowest BCUT2D eigenvalue weighted by atomic mass is 9.91. The van der Waals surface area contributed by atoms with E-state index in [1.165, 1.54) is 0 Å². The zero-order chi connectivity index (χ0) is 15.6. The summed E-state index contributed by atoms with van der Waals surface area (Å²) in [4.78, 5) is 2.34. The van der Waals surface area contributed by atoms with E-state index in [0.29, 0.717) is 23.9 Å². The maximum atomic E-state index is 13.8. The molecule has 1 fully saturated rings. The molecule has 1 aromatic carbocycles. The first-order valence-electron chi connectivity index (χ1n) is 7.89. The summed E-state index contributed by atoms with van der Waals surface area (Å²) in [5.41, 5.74) is 0.936. The van der Waals surface area contributed by atoms with E-state index < -0.39 is 0 Å². The molecule has 118 valence electrons. The number of benzene rings is 1. The van der Waals surface area contributed by atoms with E-state index in [1.807, 2.05) is 6.07 Å². The third-order valence-electron chi connectivity index (χ3n) is 4.72. The van der Waals surface area contributed by atoms with Crippen molar-refractivity contribution in [3.8, 4) is 0 Å². The Morgan fingerprint density at radius 1 is 1.38 bits per heavy atom. The van der Waals surface area contributed by atoms with Gasteiger partial charge in [-0.05, 0) is 30.0 Å². The molecule has 1 N–H and O–H groups in total. The van der Waals surface area contributed by atoms with Gasteiger partial charge in [0.15, 0.2) is 0 Å².